The highest BCUT2D eigenvalue weighted by molar-refractivity contribution is 7.89. The average molecular weight is 485 g/mol. The summed E-state index contributed by atoms with van der Waals surface area (Å²) in [7, 11) is -3.56. The van der Waals surface area contributed by atoms with Crippen LogP contribution in [0.5, 0.6) is 0 Å². The Morgan fingerprint density at radius 3 is 2.03 bits per heavy atom. The summed E-state index contributed by atoms with van der Waals surface area (Å²) in [6.45, 7) is 1.65. The first-order valence-electron chi connectivity index (χ1n) is 12.0. The molecular formula is C26H32N2O5S. The third-order valence-electron chi connectivity index (χ3n) is 6.84. The highest BCUT2D eigenvalue weighted by atomic mass is 32.2. The van der Waals surface area contributed by atoms with Gasteiger partial charge in [0, 0.05) is 26.2 Å². The number of carbonyl (C=O) groups excluding carboxylic acids is 2. The summed E-state index contributed by atoms with van der Waals surface area (Å²) < 4.78 is 32.2. The Morgan fingerprint density at radius 1 is 0.824 bits per heavy atom. The van der Waals surface area contributed by atoms with Gasteiger partial charge in [0.25, 0.3) is 5.91 Å². The van der Waals surface area contributed by atoms with Crippen molar-refractivity contribution in [3.8, 4) is 0 Å². The molecule has 2 fully saturated rings. The number of carbonyl (C=O) groups is 2. The summed E-state index contributed by atoms with van der Waals surface area (Å²) in [4.78, 5) is 27.1. The molecule has 2 aliphatic rings. The van der Waals surface area contributed by atoms with Crippen molar-refractivity contribution in [3.63, 3.8) is 0 Å². The molecule has 2 aromatic rings. The smallest absolute Gasteiger partial charge is 0.309 e. The molecule has 2 heterocycles. The predicted octanol–water partition coefficient (Wildman–Crippen LogP) is 3.11. The molecule has 7 nitrogen and oxygen atoms in total. The minimum absolute atomic E-state index is 0.157. The number of hydrogen-bond acceptors (Lipinski definition) is 5. The van der Waals surface area contributed by atoms with Gasteiger partial charge in [-0.25, -0.2) is 8.42 Å². The summed E-state index contributed by atoms with van der Waals surface area (Å²) >= 11 is 0. The minimum Gasteiger partial charge on any atom is -0.455 e. The van der Waals surface area contributed by atoms with Gasteiger partial charge in [0.05, 0.1) is 10.8 Å². The standard InChI is InChI=1S/C26H32N2O5S/c29-25(27-15-11-22(12-16-27)19-21-7-3-1-4-8-21)20-33-26(30)23-13-17-28(18-14-23)34(31,32)24-9-5-2-6-10-24/h1-10,22-23H,11-20H2. The minimum atomic E-state index is -3.56. The molecule has 2 aromatic carbocycles. The van der Waals surface area contributed by atoms with Crippen molar-refractivity contribution in [2.75, 3.05) is 32.8 Å². The van der Waals surface area contributed by atoms with E-state index in [4.69, 9.17) is 4.74 Å². The fraction of sp³-hybridized carbons (Fsp3) is 0.462. The number of likely N-dealkylation sites (tertiary alicyclic amines) is 1. The van der Waals surface area contributed by atoms with Crippen LogP contribution in [0.15, 0.2) is 65.6 Å². The van der Waals surface area contributed by atoms with Crippen LogP contribution < -0.4 is 0 Å². The fourth-order valence-electron chi connectivity index (χ4n) is 4.75. The molecule has 2 saturated heterocycles. The van der Waals surface area contributed by atoms with Crippen molar-refractivity contribution in [2.45, 2.75) is 37.0 Å². The van der Waals surface area contributed by atoms with Crippen molar-refractivity contribution in [1.29, 1.82) is 0 Å². The molecule has 2 aliphatic heterocycles. The van der Waals surface area contributed by atoms with Gasteiger partial charge < -0.3 is 9.64 Å². The van der Waals surface area contributed by atoms with Crippen LogP contribution in [0, 0.1) is 11.8 Å². The number of rotatable bonds is 7. The third kappa shape index (κ3) is 6.04. The Bertz CT molecular complexity index is 1060. The van der Waals surface area contributed by atoms with E-state index in [-0.39, 0.29) is 36.4 Å². The monoisotopic (exact) mass is 484 g/mol. The first kappa shape index (κ1) is 24.4. The number of ether oxygens (including phenoxy) is 1. The average Bonchev–Trinajstić information content (AvgIpc) is 2.88. The normalized spacial score (nSPS) is 18.5. The number of piperidine rings is 2. The lowest BCUT2D eigenvalue weighted by atomic mass is 9.90. The van der Waals surface area contributed by atoms with E-state index in [1.165, 1.54) is 9.87 Å². The maximum absolute atomic E-state index is 12.7. The second-order valence-corrected chi connectivity index (χ2v) is 11.1. The van der Waals surface area contributed by atoms with E-state index in [1.54, 1.807) is 35.2 Å². The molecule has 0 aliphatic carbocycles. The van der Waals surface area contributed by atoms with E-state index in [1.807, 2.05) is 18.2 Å². The molecular weight excluding hydrogens is 452 g/mol. The number of sulfonamides is 1. The second kappa shape index (κ2) is 11.1. The number of hydrogen-bond donors (Lipinski definition) is 0. The highest BCUT2D eigenvalue weighted by Gasteiger charge is 2.33. The van der Waals surface area contributed by atoms with Crippen LogP contribution in [0.3, 0.4) is 0 Å². The van der Waals surface area contributed by atoms with Gasteiger partial charge in [-0.1, -0.05) is 48.5 Å². The van der Waals surface area contributed by atoms with Gasteiger partial charge in [-0.3, -0.25) is 9.59 Å². The lowest BCUT2D eigenvalue weighted by molar-refractivity contribution is -0.157. The molecule has 0 N–H and O–H groups in total. The first-order valence-corrected chi connectivity index (χ1v) is 13.4. The van der Waals surface area contributed by atoms with Gasteiger partial charge in [0.2, 0.25) is 10.0 Å². The fourth-order valence-corrected chi connectivity index (χ4v) is 6.24. The van der Waals surface area contributed by atoms with Crippen LogP contribution in [-0.4, -0.2) is 62.3 Å². The van der Waals surface area contributed by atoms with E-state index < -0.39 is 16.0 Å². The summed E-state index contributed by atoms with van der Waals surface area (Å²) in [6, 6.07) is 18.7. The van der Waals surface area contributed by atoms with Crippen LogP contribution >= 0.6 is 0 Å². The summed E-state index contributed by atoms with van der Waals surface area (Å²) in [5.41, 5.74) is 1.32. The van der Waals surface area contributed by atoms with E-state index in [0.717, 1.165) is 19.3 Å². The van der Waals surface area contributed by atoms with E-state index in [2.05, 4.69) is 12.1 Å². The summed E-state index contributed by atoms with van der Waals surface area (Å²) in [6.07, 6.45) is 3.70. The van der Waals surface area contributed by atoms with Gasteiger partial charge in [0.1, 0.15) is 0 Å². The molecule has 0 bridgehead atoms. The number of amides is 1. The molecule has 1 amide bonds. The van der Waals surface area contributed by atoms with E-state index >= 15 is 0 Å². The van der Waals surface area contributed by atoms with Gasteiger partial charge in [-0.05, 0) is 55.7 Å². The Morgan fingerprint density at radius 2 is 1.41 bits per heavy atom. The Kier molecular flexibility index (Phi) is 8.00. The predicted molar refractivity (Wildman–Crippen MR) is 128 cm³/mol. The Balaban J connectivity index is 1.18. The van der Waals surface area contributed by atoms with Gasteiger partial charge in [-0.15, -0.1) is 0 Å². The number of benzene rings is 2. The summed E-state index contributed by atoms with van der Waals surface area (Å²) in [5, 5.41) is 0. The number of esters is 1. The molecule has 0 unspecified atom stereocenters. The van der Waals surface area contributed by atoms with Crippen molar-refractivity contribution in [1.82, 2.24) is 9.21 Å². The lowest BCUT2D eigenvalue weighted by Crippen LogP contribution is -2.43. The SMILES string of the molecule is O=C(OCC(=O)N1CCC(Cc2ccccc2)CC1)C1CCN(S(=O)(=O)c2ccccc2)CC1. The highest BCUT2D eigenvalue weighted by Crippen LogP contribution is 2.25. The van der Waals surface area contributed by atoms with Crippen molar-refractivity contribution < 1.29 is 22.7 Å². The topological polar surface area (TPSA) is 84.0 Å². The van der Waals surface area contributed by atoms with Gasteiger partial charge in [0.15, 0.2) is 6.61 Å². The lowest BCUT2D eigenvalue weighted by Gasteiger charge is -2.32. The van der Waals surface area contributed by atoms with Crippen LogP contribution in [-0.2, 0) is 30.8 Å². The van der Waals surface area contributed by atoms with Crippen molar-refractivity contribution >= 4 is 21.9 Å². The molecule has 0 spiro atoms. The molecule has 8 heteroatoms. The van der Waals surface area contributed by atoms with Crippen LogP contribution in [0.25, 0.3) is 0 Å². The quantitative estimate of drug-likeness (QED) is 0.564. The molecule has 0 aromatic heterocycles. The molecule has 0 atom stereocenters. The van der Waals surface area contributed by atoms with Gasteiger partial charge in [-0.2, -0.15) is 4.31 Å². The van der Waals surface area contributed by atoms with Crippen molar-refractivity contribution in [3.05, 3.63) is 66.2 Å². The van der Waals surface area contributed by atoms with E-state index in [9.17, 15) is 18.0 Å². The molecule has 34 heavy (non-hydrogen) atoms. The Labute approximate surface area is 201 Å². The molecule has 0 radical (unpaired) electrons. The molecule has 0 saturated carbocycles. The molecule has 182 valence electrons. The van der Waals surface area contributed by atoms with Crippen LogP contribution in [0.1, 0.15) is 31.2 Å². The third-order valence-corrected chi connectivity index (χ3v) is 8.75. The van der Waals surface area contributed by atoms with Gasteiger partial charge >= 0.3 is 5.97 Å². The largest absolute Gasteiger partial charge is 0.455 e. The second-order valence-electron chi connectivity index (χ2n) is 9.11. The zero-order valence-corrected chi connectivity index (χ0v) is 20.2. The zero-order chi connectivity index (χ0) is 24.0. The maximum Gasteiger partial charge on any atom is 0.309 e. The first-order chi connectivity index (χ1) is 16.4. The maximum atomic E-state index is 12.7. The Hall–Kier alpha value is -2.71. The number of nitrogens with zero attached hydrogens (tertiary/aromatic N) is 2. The van der Waals surface area contributed by atoms with Crippen LogP contribution in [0.2, 0.25) is 0 Å². The molecule has 4 rings (SSSR count). The summed E-state index contributed by atoms with van der Waals surface area (Å²) in [5.74, 6) is -0.391. The van der Waals surface area contributed by atoms with Crippen LogP contribution in [0.4, 0.5) is 0 Å². The zero-order valence-electron chi connectivity index (χ0n) is 19.3. The van der Waals surface area contributed by atoms with Crippen molar-refractivity contribution in [2.24, 2.45) is 11.8 Å². The van der Waals surface area contributed by atoms with E-state index in [0.29, 0.717) is 31.8 Å².